The molecule has 1 aromatic rings. The second-order valence-corrected chi connectivity index (χ2v) is 5.25. The summed E-state index contributed by atoms with van der Waals surface area (Å²) in [6.07, 6.45) is 1.62. The third-order valence-corrected chi connectivity index (χ3v) is 3.39. The summed E-state index contributed by atoms with van der Waals surface area (Å²) in [4.78, 5) is 28.1. The number of carbonyl (C=O) groups is 2. The fourth-order valence-electron chi connectivity index (χ4n) is 1.75. The molecular formula is C11H11FN2O2S. The van der Waals surface area contributed by atoms with E-state index in [0.717, 1.165) is 11.8 Å². The summed E-state index contributed by atoms with van der Waals surface area (Å²) in [7, 11) is 0. The SMILES string of the molecule is CC(=O)SC1CC(=O)N(c2cc(F)ccn2)C1. The summed E-state index contributed by atoms with van der Waals surface area (Å²) < 4.78 is 13.0. The van der Waals surface area contributed by atoms with Crippen molar-refractivity contribution in [3.05, 3.63) is 24.1 Å². The molecule has 6 heteroatoms. The molecule has 0 aliphatic carbocycles. The van der Waals surface area contributed by atoms with Gasteiger partial charge in [-0.3, -0.25) is 14.5 Å². The quantitative estimate of drug-likeness (QED) is 0.804. The average Bonchev–Trinajstić information content (AvgIpc) is 2.58. The van der Waals surface area contributed by atoms with Gasteiger partial charge in [-0.05, 0) is 6.07 Å². The number of pyridine rings is 1. The van der Waals surface area contributed by atoms with E-state index in [1.165, 1.54) is 30.2 Å². The van der Waals surface area contributed by atoms with E-state index in [1.54, 1.807) is 0 Å². The lowest BCUT2D eigenvalue weighted by Crippen LogP contribution is -2.26. The van der Waals surface area contributed by atoms with Crippen LogP contribution in [-0.2, 0) is 9.59 Å². The Morgan fingerprint density at radius 2 is 2.41 bits per heavy atom. The highest BCUT2D eigenvalue weighted by atomic mass is 32.2. The number of thioether (sulfide) groups is 1. The van der Waals surface area contributed by atoms with Crippen molar-refractivity contribution in [1.29, 1.82) is 0 Å². The summed E-state index contributed by atoms with van der Waals surface area (Å²) >= 11 is 1.15. The minimum Gasteiger partial charge on any atom is -0.296 e. The lowest BCUT2D eigenvalue weighted by molar-refractivity contribution is -0.117. The lowest BCUT2D eigenvalue weighted by Gasteiger charge is -2.14. The van der Waals surface area contributed by atoms with Crippen molar-refractivity contribution >= 4 is 28.6 Å². The molecule has 1 aromatic heterocycles. The summed E-state index contributed by atoms with van der Waals surface area (Å²) in [6.45, 7) is 1.87. The Bertz CT molecular complexity index is 467. The zero-order chi connectivity index (χ0) is 12.4. The number of anilines is 1. The number of hydrogen-bond acceptors (Lipinski definition) is 4. The van der Waals surface area contributed by atoms with Crippen LogP contribution in [0.2, 0.25) is 0 Å². The Hall–Kier alpha value is -1.43. The van der Waals surface area contributed by atoms with Gasteiger partial charge in [0, 0.05) is 37.4 Å². The van der Waals surface area contributed by atoms with Gasteiger partial charge in [0.1, 0.15) is 11.6 Å². The first-order valence-electron chi connectivity index (χ1n) is 5.15. The highest BCUT2D eigenvalue weighted by molar-refractivity contribution is 8.14. The molecule has 1 aliphatic rings. The second kappa shape index (κ2) is 4.83. The maximum absolute atomic E-state index is 13.0. The van der Waals surface area contributed by atoms with Crippen LogP contribution in [0.5, 0.6) is 0 Å². The van der Waals surface area contributed by atoms with Gasteiger partial charge in [0.2, 0.25) is 5.91 Å². The van der Waals surface area contributed by atoms with Crippen LogP contribution in [0.3, 0.4) is 0 Å². The van der Waals surface area contributed by atoms with Crippen molar-refractivity contribution in [3.8, 4) is 0 Å². The molecule has 2 rings (SSSR count). The molecule has 0 saturated carbocycles. The average molecular weight is 254 g/mol. The molecule has 1 fully saturated rings. The minimum absolute atomic E-state index is 0.0168. The second-order valence-electron chi connectivity index (χ2n) is 3.77. The normalized spacial score (nSPS) is 19.8. The van der Waals surface area contributed by atoms with Gasteiger partial charge in [0.15, 0.2) is 5.12 Å². The maximum atomic E-state index is 13.0. The van der Waals surface area contributed by atoms with E-state index in [2.05, 4.69) is 4.98 Å². The molecule has 0 N–H and O–H groups in total. The lowest BCUT2D eigenvalue weighted by atomic mass is 10.4. The maximum Gasteiger partial charge on any atom is 0.229 e. The molecule has 0 bridgehead atoms. The first-order valence-corrected chi connectivity index (χ1v) is 6.03. The number of carbonyl (C=O) groups excluding carboxylic acids is 2. The molecule has 1 atom stereocenters. The highest BCUT2D eigenvalue weighted by Crippen LogP contribution is 2.27. The molecule has 1 aliphatic heterocycles. The number of aromatic nitrogens is 1. The van der Waals surface area contributed by atoms with Gasteiger partial charge in [-0.1, -0.05) is 11.8 Å². The van der Waals surface area contributed by atoms with Gasteiger partial charge >= 0.3 is 0 Å². The van der Waals surface area contributed by atoms with Gasteiger partial charge in [-0.15, -0.1) is 0 Å². The van der Waals surface area contributed by atoms with E-state index in [9.17, 15) is 14.0 Å². The molecule has 1 saturated heterocycles. The van der Waals surface area contributed by atoms with Gasteiger partial charge in [0.25, 0.3) is 0 Å². The zero-order valence-corrected chi connectivity index (χ0v) is 10.0. The van der Waals surface area contributed by atoms with Crippen LogP contribution in [0.25, 0.3) is 0 Å². The summed E-state index contributed by atoms with van der Waals surface area (Å²) in [5.41, 5.74) is 0. The predicted molar refractivity (Wildman–Crippen MR) is 63.2 cm³/mol. The van der Waals surface area contributed by atoms with Gasteiger partial charge < -0.3 is 0 Å². The fourth-order valence-corrected chi connectivity index (χ4v) is 2.67. The van der Waals surface area contributed by atoms with Gasteiger partial charge in [-0.2, -0.15) is 0 Å². The third-order valence-electron chi connectivity index (χ3n) is 2.41. The van der Waals surface area contributed by atoms with Gasteiger partial charge in [-0.25, -0.2) is 9.37 Å². The molecule has 90 valence electrons. The summed E-state index contributed by atoms with van der Waals surface area (Å²) in [5.74, 6) is -0.242. The molecule has 4 nitrogen and oxygen atoms in total. The van der Waals surface area contributed by atoms with Crippen LogP contribution in [0.1, 0.15) is 13.3 Å². The molecule has 17 heavy (non-hydrogen) atoms. The largest absolute Gasteiger partial charge is 0.296 e. The monoisotopic (exact) mass is 254 g/mol. The minimum atomic E-state index is -0.425. The highest BCUT2D eigenvalue weighted by Gasteiger charge is 2.32. The number of hydrogen-bond donors (Lipinski definition) is 0. The summed E-state index contributed by atoms with van der Waals surface area (Å²) in [5, 5.41) is -0.0816. The van der Waals surface area contributed by atoms with E-state index in [-0.39, 0.29) is 16.3 Å². The summed E-state index contributed by atoms with van der Waals surface area (Å²) in [6, 6.07) is 2.45. The standard InChI is InChI=1S/C11H11FN2O2S/c1-7(15)17-9-5-11(16)14(6-9)10-4-8(12)2-3-13-10/h2-4,9H,5-6H2,1H3. The first kappa shape index (κ1) is 12.0. The molecule has 0 aromatic carbocycles. The fraction of sp³-hybridized carbons (Fsp3) is 0.364. The third kappa shape index (κ3) is 2.82. The van der Waals surface area contributed by atoms with E-state index >= 15 is 0 Å². The molecule has 0 spiro atoms. The molecule has 0 radical (unpaired) electrons. The van der Waals surface area contributed by atoms with Crippen LogP contribution in [-0.4, -0.2) is 27.8 Å². The Labute approximate surface area is 102 Å². The van der Waals surface area contributed by atoms with Crippen molar-refractivity contribution in [2.45, 2.75) is 18.6 Å². The Balaban J connectivity index is 2.13. The smallest absolute Gasteiger partial charge is 0.229 e. The molecule has 2 heterocycles. The number of amides is 1. The van der Waals surface area contributed by atoms with Crippen molar-refractivity contribution in [1.82, 2.24) is 4.98 Å². The van der Waals surface area contributed by atoms with E-state index in [1.807, 2.05) is 0 Å². The van der Waals surface area contributed by atoms with Crippen LogP contribution in [0.15, 0.2) is 18.3 Å². The molecular weight excluding hydrogens is 243 g/mol. The van der Waals surface area contributed by atoms with Crippen molar-refractivity contribution in [3.63, 3.8) is 0 Å². The predicted octanol–water partition coefficient (Wildman–Crippen LogP) is 1.61. The van der Waals surface area contributed by atoms with Crippen LogP contribution < -0.4 is 4.90 Å². The zero-order valence-electron chi connectivity index (χ0n) is 9.22. The number of halogens is 1. The first-order chi connectivity index (χ1) is 8.06. The topological polar surface area (TPSA) is 50.3 Å². The number of rotatable bonds is 2. The number of nitrogens with zero attached hydrogens (tertiary/aromatic N) is 2. The van der Waals surface area contributed by atoms with Gasteiger partial charge in [0.05, 0.1) is 0 Å². The Morgan fingerprint density at radius 3 is 3.06 bits per heavy atom. The van der Waals surface area contributed by atoms with E-state index < -0.39 is 5.82 Å². The van der Waals surface area contributed by atoms with E-state index in [0.29, 0.717) is 18.8 Å². The van der Waals surface area contributed by atoms with Crippen LogP contribution in [0.4, 0.5) is 10.2 Å². The van der Waals surface area contributed by atoms with Crippen LogP contribution >= 0.6 is 11.8 Å². The van der Waals surface area contributed by atoms with Crippen LogP contribution in [0, 0.1) is 5.82 Å². The molecule has 1 unspecified atom stereocenters. The van der Waals surface area contributed by atoms with Crippen molar-refractivity contribution in [2.75, 3.05) is 11.4 Å². The van der Waals surface area contributed by atoms with Crippen molar-refractivity contribution < 1.29 is 14.0 Å². The molecule has 1 amide bonds. The van der Waals surface area contributed by atoms with E-state index in [4.69, 9.17) is 0 Å². The Morgan fingerprint density at radius 1 is 1.65 bits per heavy atom. The van der Waals surface area contributed by atoms with Crippen molar-refractivity contribution in [2.24, 2.45) is 0 Å². The Kier molecular flexibility index (Phi) is 3.42.